The van der Waals surface area contributed by atoms with E-state index in [1.54, 1.807) is 12.1 Å². The van der Waals surface area contributed by atoms with E-state index in [1.807, 2.05) is 12.1 Å². The Morgan fingerprint density at radius 2 is 1.90 bits per heavy atom. The summed E-state index contributed by atoms with van der Waals surface area (Å²) in [5.41, 5.74) is 1.40. The van der Waals surface area contributed by atoms with Crippen molar-refractivity contribution in [1.29, 1.82) is 0 Å². The highest BCUT2D eigenvalue weighted by atomic mass is 16.6. The van der Waals surface area contributed by atoms with Gasteiger partial charge in [-0.25, -0.2) is 0 Å². The third-order valence-electron chi connectivity index (χ3n) is 4.92. The molecule has 3 saturated heterocycles. The molecule has 1 unspecified atom stereocenters. The van der Waals surface area contributed by atoms with E-state index in [2.05, 4.69) is 4.90 Å². The van der Waals surface area contributed by atoms with E-state index in [1.165, 1.54) is 50.8 Å². The second-order valence-electron chi connectivity index (χ2n) is 6.18. The van der Waals surface area contributed by atoms with Gasteiger partial charge in [0.1, 0.15) is 0 Å². The number of piperidine rings is 3. The minimum atomic E-state index is -0.337. The molecule has 0 saturated carbocycles. The predicted molar refractivity (Wildman–Crippen MR) is 78.7 cm³/mol. The molecule has 3 aliphatic heterocycles. The number of nitro benzene ring substituents is 1. The van der Waals surface area contributed by atoms with Crippen molar-refractivity contribution in [1.82, 2.24) is 4.90 Å². The van der Waals surface area contributed by atoms with Gasteiger partial charge in [-0.3, -0.25) is 10.1 Å². The number of benzene rings is 1. The molecule has 20 heavy (non-hydrogen) atoms. The molecule has 1 atom stereocenters. The number of rotatable bonds is 5. The van der Waals surface area contributed by atoms with Gasteiger partial charge in [-0.05, 0) is 63.1 Å². The zero-order valence-electron chi connectivity index (χ0n) is 11.8. The summed E-state index contributed by atoms with van der Waals surface area (Å²) < 4.78 is 0. The number of non-ortho nitro benzene ring substituents is 1. The van der Waals surface area contributed by atoms with Gasteiger partial charge in [0.15, 0.2) is 0 Å². The fourth-order valence-corrected chi connectivity index (χ4v) is 3.71. The van der Waals surface area contributed by atoms with Crippen LogP contribution >= 0.6 is 0 Å². The highest BCUT2D eigenvalue weighted by Crippen LogP contribution is 2.33. The summed E-state index contributed by atoms with van der Waals surface area (Å²) in [5, 5.41) is 10.6. The van der Waals surface area contributed by atoms with E-state index in [4.69, 9.17) is 0 Å². The number of aryl methyl sites for hydroxylation is 1. The van der Waals surface area contributed by atoms with Crippen LogP contribution in [0.1, 0.15) is 37.7 Å². The maximum Gasteiger partial charge on any atom is 0.269 e. The first kappa shape index (κ1) is 13.6. The first-order valence-corrected chi connectivity index (χ1v) is 7.70. The van der Waals surface area contributed by atoms with E-state index >= 15 is 0 Å². The van der Waals surface area contributed by atoms with Gasteiger partial charge >= 0.3 is 0 Å². The van der Waals surface area contributed by atoms with Crippen LogP contribution in [0.15, 0.2) is 24.3 Å². The Morgan fingerprint density at radius 1 is 1.20 bits per heavy atom. The summed E-state index contributed by atoms with van der Waals surface area (Å²) in [6, 6.07) is 7.81. The SMILES string of the molecule is O=[N+]([O-])c1ccc(CCCC2CC3CCN2CC3)cc1. The van der Waals surface area contributed by atoms with Gasteiger partial charge in [0.05, 0.1) is 4.92 Å². The summed E-state index contributed by atoms with van der Waals surface area (Å²) in [6.07, 6.45) is 7.68. The molecule has 4 nitrogen and oxygen atoms in total. The lowest BCUT2D eigenvalue weighted by atomic mass is 9.81. The van der Waals surface area contributed by atoms with Crippen LogP contribution in [0.2, 0.25) is 0 Å². The standard InChI is InChI=1S/C16H22N2O2/c19-18(20)15-6-4-13(5-7-15)2-1-3-16-12-14-8-10-17(16)11-9-14/h4-7,14,16H,1-3,8-12H2. The molecule has 0 spiro atoms. The average molecular weight is 274 g/mol. The van der Waals surface area contributed by atoms with E-state index in [0.29, 0.717) is 0 Å². The average Bonchev–Trinajstić information content (AvgIpc) is 2.49. The lowest BCUT2D eigenvalue weighted by molar-refractivity contribution is -0.384. The van der Waals surface area contributed by atoms with Gasteiger partial charge < -0.3 is 4.90 Å². The molecule has 3 aliphatic rings. The molecule has 1 aromatic carbocycles. The van der Waals surface area contributed by atoms with Crippen molar-refractivity contribution in [2.75, 3.05) is 13.1 Å². The second kappa shape index (κ2) is 5.92. The summed E-state index contributed by atoms with van der Waals surface area (Å²) in [4.78, 5) is 12.9. The molecule has 3 heterocycles. The van der Waals surface area contributed by atoms with Gasteiger partial charge in [-0.2, -0.15) is 0 Å². The Kier molecular flexibility index (Phi) is 4.01. The van der Waals surface area contributed by atoms with Crippen molar-refractivity contribution in [2.45, 2.75) is 44.6 Å². The van der Waals surface area contributed by atoms with Gasteiger partial charge in [-0.15, -0.1) is 0 Å². The van der Waals surface area contributed by atoms with Gasteiger partial charge in [0.25, 0.3) is 5.69 Å². The van der Waals surface area contributed by atoms with Crippen molar-refractivity contribution < 1.29 is 4.92 Å². The molecular weight excluding hydrogens is 252 g/mol. The molecule has 0 radical (unpaired) electrons. The number of fused-ring (bicyclic) bond motifs is 3. The largest absolute Gasteiger partial charge is 0.300 e. The Balaban J connectivity index is 1.46. The van der Waals surface area contributed by atoms with Crippen LogP contribution in [-0.4, -0.2) is 29.0 Å². The number of nitrogens with zero attached hydrogens (tertiary/aromatic N) is 2. The van der Waals surface area contributed by atoms with Gasteiger partial charge in [0, 0.05) is 18.2 Å². The summed E-state index contributed by atoms with van der Waals surface area (Å²) in [6.45, 7) is 2.60. The lowest BCUT2D eigenvalue weighted by Crippen LogP contribution is -2.48. The molecule has 0 aliphatic carbocycles. The molecule has 1 aromatic rings. The molecule has 0 amide bonds. The maximum absolute atomic E-state index is 10.6. The Morgan fingerprint density at radius 3 is 2.45 bits per heavy atom. The quantitative estimate of drug-likeness (QED) is 0.610. The highest BCUT2D eigenvalue weighted by molar-refractivity contribution is 5.32. The van der Waals surface area contributed by atoms with Crippen LogP contribution < -0.4 is 0 Å². The second-order valence-corrected chi connectivity index (χ2v) is 6.18. The minimum Gasteiger partial charge on any atom is -0.300 e. The Labute approximate surface area is 119 Å². The molecule has 108 valence electrons. The first-order valence-electron chi connectivity index (χ1n) is 7.70. The Hall–Kier alpha value is -1.42. The van der Waals surface area contributed by atoms with Crippen LogP contribution in [0.25, 0.3) is 0 Å². The Bertz CT molecular complexity index is 464. The normalized spacial score (nSPS) is 28.5. The van der Waals surface area contributed by atoms with Crippen LogP contribution in [0.3, 0.4) is 0 Å². The number of hydrogen-bond donors (Lipinski definition) is 0. The van der Waals surface area contributed by atoms with E-state index in [9.17, 15) is 10.1 Å². The van der Waals surface area contributed by atoms with Crippen LogP contribution in [0, 0.1) is 16.0 Å². The molecule has 0 aromatic heterocycles. The molecule has 4 heteroatoms. The zero-order chi connectivity index (χ0) is 13.9. The maximum atomic E-state index is 10.6. The first-order chi connectivity index (χ1) is 9.72. The number of hydrogen-bond acceptors (Lipinski definition) is 3. The van der Waals surface area contributed by atoms with E-state index < -0.39 is 0 Å². The van der Waals surface area contributed by atoms with Crippen LogP contribution in [-0.2, 0) is 6.42 Å². The molecule has 4 rings (SSSR count). The van der Waals surface area contributed by atoms with Crippen molar-refractivity contribution in [3.63, 3.8) is 0 Å². The van der Waals surface area contributed by atoms with E-state index in [0.717, 1.165) is 18.4 Å². The number of nitro groups is 1. The highest BCUT2D eigenvalue weighted by Gasteiger charge is 2.32. The molecule has 2 bridgehead atoms. The zero-order valence-corrected chi connectivity index (χ0v) is 11.8. The van der Waals surface area contributed by atoms with Crippen molar-refractivity contribution in [2.24, 2.45) is 5.92 Å². The van der Waals surface area contributed by atoms with Crippen molar-refractivity contribution >= 4 is 5.69 Å². The predicted octanol–water partition coefficient (Wildman–Crippen LogP) is 3.40. The summed E-state index contributed by atoms with van der Waals surface area (Å²) in [7, 11) is 0. The lowest BCUT2D eigenvalue weighted by Gasteiger charge is -2.45. The van der Waals surface area contributed by atoms with Crippen LogP contribution in [0.5, 0.6) is 0 Å². The van der Waals surface area contributed by atoms with E-state index in [-0.39, 0.29) is 10.6 Å². The third kappa shape index (κ3) is 3.01. The monoisotopic (exact) mass is 274 g/mol. The molecule has 0 N–H and O–H groups in total. The summed E-state index contributed by atoms with van der Waals surface area (Å²) >= 11 is 0. The summed E-state index contributed by atoms with van der Waals surface area (Å²) in [5.74, 6) is 0.976. The fraction of sp³-hybridized carbons (Fsp3) is 0.625. The molecular formula is C16H22N2O2. The third-order valence-corrected chi connectivity index (χ3v) is 4.92. The minimum absolute atomic E-state index is 0.185. The smallest absolute Gasteiger partial charge is 0.269 e. The topological polar surface area (TPSA) is 46.4 Å². The molecule has 3 fully saturated rings. The van der Waals surface area contributed by atoms with Gasteiger partial charge in [-0.1, -0.05) is 12.1 Å². The fourth-order valence-electron chi connectivity index (χ4n) is 3.71. The van der Waals surface area contributed by atoms with Gasteiger partial charge in [0.2, 0.25) is 0 Å². The van der Waals surface area contributed by atoms with Crippen molar-refractivity contribution in [3.05, 3.63) is 39.9 Å². The van der Waals surface area contributed by atoms with Crippen molar-refractivity contribution in [3.8, 4) is 0 Å². The van der Waals surface area contributed by atoms with Crippen LogP contribution in [0.4, 0.5) is 5.69 Å².